The first kappa shape index (κ1) is 12.4. The van der Waals surface area contributed by atoms with Crippen LogP contribution in [0.25, 0.3) is 0 Å². The van der Waals surface area contributed by atoms with E-state index in [1.165, 1.54) is 12.3 Å². The Labute approximate surface area is 94.6 Å². The van der Waals surface area contributed by atoms with Crippen LogP contribution in [0.1, 0.15) is 24.2 Å². The summed E-state index contributed by atoms with van der Waals surface area (Å²) in [6.07, 6.45) is 2.93. The second kappa shape index (κ2) is 5.39. The van der Waals surface area contributed by atoms with Crippen molar-refractivity contribution in [1.29, 1.82) is 0 Å². The second-order valence-electron chi connectivity index (χ2n) is 3.71. The molecule has 0 unspecified atom stereocenters. The molecule has 0 aliphatic rings. The highest BCUT2D eigenvalue weighted by atomic mass is 19.1. The predicted molar refractivity (Wildman–Crippen MR) is 60.6 cm³/mol. The zero-order valence-electron chi connectivity index (χ0n) is 9.48. The third kappa shape index (κ3) is 2.89. The van der Waals surface area contributed by atoms with Crippen molar-refractivity contribution in [3.05, 3.63) is 42.5 Å². The predicted octanol–water partition coefficient (Wildman–Crippen LogP) is 2.26. The first-order chi connectivity index (χ1) is 7.56. The second-order valence-corrected chi connectivity index (χ2v) is 3.71. The first-order valence-electron chi connectivity index (χ1n) is 5.09. The van der Waals surface area contributed by atoms with Crippen LogP contribution in [-0.2, 0) is 0 Å². The van der Waals surface area contributed by atoms with Gasteiger partial charge in [-0.3, -0.25) is 4.79 Å². The van der Waals surface area contributed by atoms with E-state index in [9.17, 15) is 9.18 Å². The van der Waals surface area contributed by atoms with Crippen LogP contribution in [0.5, 0.6) is 0 Å². The number of hydrogen-bond acceptors (Lipinski definition) is 2. The third-order valence-electron chi connectivity index (χ3n) is 2.18. The molecule has 0 fully saturated rings. The van der Waals surface area contributed by atoms with Crippen molar-refractivity contribution in [2.45, 2.75) is 19.9 Å². The standard InChI is InChI=1S/C12H15FN2O/c1-4-7-15(9(2)3)12(16)10-5-6-14-11(13)8-10/h4-6,8-9H,1,7H2,2-3H3. The lowest BCUT2D eigenvalue weighted by atomic mass is 10.2. The van der Waals surface area contributed by atoms with Gasteiger partial charge in [0.1, 0.15) is 0 Å². The molecule has 1 amide bonds. The molecule has 1 heterocycles. The summed E-state index contributed by atoms with van der Waals surface area (Å²) in [7, 11) is 0. The molecule has 0 spiro atoms. The molecule has 1 aromatic rings. The molecule has 0 bridgehead atoms. The SMILES string of the molecule is C=CCN(C(=O)c1ccnc(F)c1)C(C)C. The lowest BCUT2D eigenvalue weighted by Crippen LogP contribution is -2.37. The Bertz CT molecular complexity index is 390. The normalized spacial score (nSPS) is 10.2. The van der Waals surface area contributed by atoms with Crippen LogP contribution in [-0.4, -0.2) is 28.4 Å². The maximum Gasteiger partial charge on any atom is 0.254 e. The summed E-state index contributed by atoms with van der Waals surface area (Å²) < 4.78 is 12.9. The molecule has 3 nitrogen and oxygen atoms in total. The van der Waals surface area contributed by atoms with E-state index in [0.29, 0.717) is 12.1 Å². The lowest BCUT2D eigenvalue weighted by molar-refractivity contribution is 0.0728. The minimum atomic E-state index is -0.645. The van der Waals surface area contributed by atoms with Gasteiger partial charge in [0, 0.05) is 30.4 Å². The number of rotatable bonds is 4. The highest BCUT2D eigenvalue weighted by Crippen LogP contribution is 2.08. The molecule has 4 heteroatoms. The van der Waals surface area contributed by atoms with Crippen molar-refractivity contribution in [3.8, 4) is 0 Å². The van der Waals surface area contributed by atoms with Crippen molar-refractivity contribution in [1.82, 2.24) is 9.88 Å². The summed E-state index contributed by atoms with van der Waals surface area (Å²) in [5.74, 6) is -0.857. The van der Waals surface area contributed by atoms with E-state index in [1.54, 1.807) is 11.0 Å². The summed E-state index contributed by atoms with van der Waals surface area (Å²) in [5, 5.41) is 0. The Kier molecular flexibility index (Phi) is 4.17. The Balaban J connectivity index is 2.94. The van der Waals surface area contributed by atoms with Gasteiger partial charge >= 0.3 is 0 Å². The summed E-state index contributed by atoms with van der Waals surface area (Å²) >= 11 is 0. The van der Waals surface area contributed by atoms with Crippen LogP contribution < -0.4 is 0 Å². The Morgan fingerprint density at radius 1 is 1.69 bits per heavy atom. The van der Waals surface area contributed by atoms with Crippen LogP contribution in [0.15, 0.2) is 31.0 Å². The Hall–Kier alpha value is -1.71. The maximum absolute atomic E-state index is 12.9. The molecule has 16 heavy (non-hydrogen) atoms. The molecule has 86 valence electrons. The number of pyridine rings is 1. The third-order valence-corrected chi connectivity index (χ3v) is 2.18. The summed E-state index contributed by atoms with van der Waals surface area (Å²) in [5.41, 5.74) is 0.308. The number of hydrogen-bond donors (Lipinski definition) is 0. The fourth-order valence-corrected chi connectivity index (χ4v) is 1.37. The Morgan fingerprint density at radius 3 is 2.88 bits per heavy atom. The summed E-state index contributed by atoms with van der Waals surface area (Å²) in [6, 6.07) is 2.69. The number of carbonyl (C=O) groups excluding carboxylic acids is 1. The zero-order chi connectivity index (χ0) is 12.1. The van der Waals surface area contributed by atoms with Crippen molar-refractivity contribution in [3.63, 3.8) is 0 Å². The molecule has 0 aliphatic heterocycles. The quantitative estimate of drug-likeness (QED) is 0.578. The van der Waals surface area contributed by atoms with Gasteiger partial charge in [0.25, 0.3) is 5.91 Å². The zero-order valence-corrected chi connectivity index (χ0v) is 9.48. The summed E-state index contributed by atoms with van der Waals surface area (Å²) in [6.45, 7) is 7.84. The van der Waals surface area contributed by atoms with Crippen molar-refractivity contribution < 1.29 is 9.18 Å². The topological polar surface area (TPSA) is 33.2 Å². The largest absolute Gasteiger partial charge is 0.333 e. The van der Waals surface area contributed by atoms with E-state index in [-0.39, 0.29) is 11.9 Å². The number of amides is 1. The minimum Gasteiger partial charge on any atom is -0.333 e. The van der Waals surface area contributed by atoms with Gasteiger partial charge in [-0.2, -0.15) is 4.39 Å². The van der Waals surface area contributed by atoms with E-state index < -0.39 is 5.95 Å². The van der Waals surface area contributed by atoms with E-state index in [4.69, 9.17) is 0 Å². The average Bonchev–Trinajstić information content (AvgIpc) is 2.24. The van der Waals surface area contributed by atoms with E-state index >= 15 is 0 Å². The van der Waals surface area contributed by atoms with Crippen molar-refractivity contribution in [2.75, 3.05) is 6.54 Å². The molecular weight excluding hydrogens is 207 g/mol. The monoisotopic (exact) mass is 222 g/mol. The van der Waals surface area contributed by atoms with Gasteiger partial charge in [-0.15, -0.1) is 6.58 Å². The number of carbonyl (C=O) groups is 1. The molecule has 0 N–H and O–H groups in total. The van der Waals surface area contributed by atoms with Crippen LogP contribution in [0.2, 0.25) is 0 Å². The highest BCUT2D eigenvalue weighted by molar-refractivity contribution is 5.94. The average molecular weight is 222 g/mol. The van der Waals surface area contributed by atoms with Gasteiger partial charge in [0.15, 0.2) is 0 Å². The smallest absolute Gasteiger partial charge is 0.254 e. The molecule has 0 atom stereocenters. The maximum atomic E-state index is 12.9. The van der Waals surface area contributed by atoms with E-state index in [1.807, 2.05) is 13.8 Å². The fraction of sp³-hybridized carbons (Fsp3) is 0.333. The van der Waals surface area contributed by atoms with Crippen LogP contribution in [0.4, 0.5) is 4.39 Å². The molecule has 0 aliphatic carbocycles. The molecule has 0 saturated heterocycles. The highest BCUT2D eigenvalue weighted by Gasteiger charge is 2.17. The molecular formula is C12H15FN2O. The van der Waals surface area contributed by atoms with Gasteiger partial charge in [-0.1, -0.05) is 6.08 Å². The van der Waals surface area contributed by atoms with Gasteiger partial charge in [0.05, 0.1) is 0 Å². The van der Waals surface area contributed by atoms with Crippen LogP contribution in [0.3, 0.4) is 0 Å². The first-order valence-corrected chi connectivity index (χ1v) is 5.09. The van der Waals surface area contributed by atoms with Gasteiger partial charge in [0.2, 0.25) is 5.95 Å². The number of nitrogens with zero attached hydrogens (tertiary/aromatic N) is 2. The van der Waals surface area contributed by atoms with Crippen molar-refractivity contribution in [2.24, 2.45) is 0 Å². The lowest BCUT2D eigenvalue weighted by Gasteiger charge is -2.25. The molecule has 0 saturated carbocycles. The Morgan fingerprint density at radius 2 is 2.38 bits per heavy atom. The van der Waals surface area contributed by atoms with Crippen molar-refractivity contribution >= 4 is 5.91 Å². The van der Waals surface area contributed by atoms with E-state index in [0.717, 1.165) is 6.07 Å². The summed E-state index contributed by atoms with van der Waals surface area (Å²) in [4.78, 5) is 17.0. The minimum absolute atomic E-state index is 0.0433. The van der Waals surface area contributed by atoms with Gasteiger partial charge in [-0.05, 0) is 19.9 Å². The van der Waals surface area contributed by atoms with Gasteiger partial charge < -0.3 is 4.90 Å². The number of halogens is 1. The molecule has 1 rings (SSSR count). The molecule has 1 aromatic heterocycles. The molecule has 0 aromatic carbocycles. The van der Waals surface area contributed by atoms with Gasteiger partial charge in [-0.25, -0.2) is 4.98 Å². The fourth-order valence-electron chi connectivity index (χ4n) is 1.37. The van der Waals surface area contributed by atoms with Crippen LogP contribution in [0, 0.1) is 5.95 Å². The molecule has 0 radical (unpaired) electrons. The van der Waals surface area contributed by atoms with E-state index in [2.05, 4.69) is 11.6 Å². The van der Waals surface area contributed by atoms with Crippen LogP contribution >= 0.6 is 0 Å². The number of aromatic nitrogens is 1.